The van der Waals surface area contributed by atoms with Crippen molar-refractivity contribution in [1.82, 2.24) is 9.55 Å². The number of oxime groups is 1. The van der Waals surface area contributed by atoms with Crippen LogP contribution < -0.4 is 10.9 Å². The minimum Gasteiger partial charge on any atom is -0.411 e. The van der Waals surface area contributed by atoms with Crippen molar-refractivity contribution in [3.8, 4) is 0 Å². The summed E-state index contributed by atoms with van der Waals surface area (Å²) in [4.78, 5) is 28.1. The van der Waals surface area contributed by atoms with Gasteiger partial charge < -0.3 is 15.1 Å². The first-order valence-electron chi connectivity index (χ1n) is 11.8. The van der Waals surface area contributed by atoms with Crippen LogP contribution in [0.2, 0.25) is 0 Å². The van der Waals surface area contributed by atoms with Crippen molar-refractivity contribution < 1.29 is 10.0 Å². The second-order valence-corrected chi connectivity index (χ2v) is 8.35. The molecule has 182 valence electrons. The minimum absolute atomic E-state index is 0.152. The summed E-state index contributed by atoms with van der Waals surface area (Å²) >= 11 is 0. The number of pyridine rings is 2. The SMILES string of the molecule is C1CC1.C\C=C(/C(C)=C\C(C(\CC)=N/O)=C(/C)CC)c1cc2cnc(NC=O)cc2n(C)c1=O. The van der Waals surface area contributed by atoms with Gasteiger partial charge in [0.15, 0.2) is 0 Å². The smallest absolute Gasteiger partial charge is 0.258 e. The quantitative estimate of drug-likeness (QED) is 0.165. The highest BCUT2D eigenvalue weighted by molar-refractivity contribution is 6.03. The fourth-order valence-electron chi connectivity index (χ4n) is 3.54. The molecule has 1 saturated carbocycles. The number of anilines is 1. The number of fused-ring (bicyclic) bond motifs is 1. The molecule has 0 spiro atoms. The first kappa shape index (κ1) is 26.8. The van der Waals surface area contributed by atoms with E-state index in [2.05, 4.69) is 22.4 Å². The Bertz CT molecular complexity index is 1210. The number of aryl methyl sites for hydroxylation is 1. The molecule has 1 aliphatic carbocycles. The highest BCUT2D eigenvalue weighted by Gasteiger charge is 2.15. The Morgan fingerprint density at radius 3 is 2.38 bits per heavy atom. The third-order valence-electron chi connectivity index (χ3n) is 5.79. The lowest BCUT2D eigenvalue weighted by Gasteiger charge is -2.14. The molecule has 2 heterocycles. The summed E-state index contributed by atoms with van der Waals surface area (Å²) in [5, 5.41) is 16.2. The molecule has 2 aromatic heterocycles. The molecule has 1 fully saturated rings. The van der Waals surface area contributed by atoms with Gasteiger partial charge >= 0.3 is 0 Å². The zero-order valence-corrected chi connectivity index (χ0v) is 21.1. The Labute approximate surface area is 201 Å². The molecule has 0 aromatic carbocycles. The van der Waals surface area contributed by atoms with E-state index in [1.165, 1.54) is 19.3 Å². The molecular weight excluding hydrogens is 428 g/mol. The van der Waals surface area contributed by atoms with E-state index in [-0.39, 0.29) is 5.56 Å². The van der Waals surface area contributed by atoms with Crippen molar-refractivity contribution in [3.05, 3.63) is 63.1 Å². The van der Waals surface area contributed by atoms with E-state index in [0.29, 0.717) is 35.4 Å². The normalized spacial score (nSPS) is 14.8. The van der Waals surface area contributed by atoms with Crippen LogP contribution in [0.25, 0.3) is 16.5 Å². The molecule has 0 bridgehead atoms. The number of rotatable bonds is 8. The molecule has 0 unspecified atom stereocenters. The van der Waals surface area contributed by atoms with E-state index in [0.717, 1.165) is 34.1 Å². The molecule has 3 rings (SSSR count). The van der Waals surface area contributed by atoms with Crippen LogP contribution in [0.5, 0.6) is 0 Å². The van der Waals surface area contributed by atoms with Gasteiger partial charge in [-0.1, -0.05) is 49.9 Å². The number of hydrogen-bond donors (Lipinski definition) is 2. The van der Waals surface area contributed by atoms with Gasteiger partial charge in [0.1, 0.15) is 5.82 Å². The predicted molar refractivity (Wildman–Crippen MR) is 140 cm³/mol. The van der Waals surface area contributed by atoms with E-state index in [9.17, 15) is 14.8 Å². The average Bonchev–Trinajstić information content (AvgIpc) is 3.72. The van der Waals surface area contributed by atoms with Crippen LogP contribution in [0.3, 0.4) is 0 Å². The summed E-state index contributed by atoms with van der Waals surface area (Å²) in [5.41, 5.74) is 5.37. The van der Waals surface area contributed by atoms with Crippen molar-refractivity contribution in [2.45, 2.75) is 66.7 Å². The molecule has 1 aliphatic rings. The third-order valence-corrected chi connectivity index (χ3v) is 5.79. The molecule has 34 heavy (non-hydrogen) atoms. The van der Waals surface area contributed by atoms with Gasteiger partial charge in [-0.3, -0.25) is 9.59 Å². The highest BCUT2D eigenvalue weighted by Crippen LogP contribution is 2.26. The van der Waals surface area contributed by atoms with Crippen LogP contribution in [0.4, 0.5) is 5.82 Å². The standard InChI is InChI=1S/C24H30N4O3.C3H6/c1-7-15(4)19(21(9-3)27-31)10-16(5)18(8-2)20-11-17-13-25-23(26-14-29)12-22(17)28(6)24(20)30;1-2-3-1/h8,10-14,31H,7,9H2,1-6H3,(H,25,26,29);1-3H2/b16-10-,18-8+,19-15-,27-21-;. The Balaban J connectivity index is 0.00000126. The van der Waals surface area contributed by atoms with Crippen LogP contribution in [0.15, 0.2) is 57.2 Å². The van der Waals surface area contributed by atoms with Gasteiger partial charge in [-0.05, 0) is 62.5 Å². The lowest BCUT2D eigenvalue weighted by Crippen LogP contribution is -2.21. The molecule has 7 heteroatoms. The highest BCUT2D eigenvalue weighted by atomic mass is 16.4. The summed E-state index contributed by atoms with van der Waals surface area (Å²) in [6, 6.07) is 3.49. The fraction of sp³-hybridized carbons (Fsp3) is 0.407. The van der Waals surface area contributed by atoms with Crippen molar-refractivity contribution in [3.63, 3.8) is 0 Å². The summed E-state index contributed by atoms with van der Waals surface area (Å²) in [7, 11) is 1.70. The van der Waals surface area contributed by atoms with Crippen molar-refractivity contribution in [2.75, 3.05) is 5.32 Å². The van der Waals surface area contributed by atoms with Crippen LogP contribution in [0, 0.1) is 0 Å². The van der Waals surface area contributed by atoms with Crippen molar-refractivity contribution >= 4 is 34.4 Å². The van der Waals surface area contributed by atoms with Gasteiger partial charge in [-0.2, -0.15) is 0 Å². The largest absolute Gasteiger partial charge is 0.411 e. The number of nitrogens with zero attached hydrogens (tertiary/aromatic N) is 3. The average molecular weight is 465 g/mol. The second kappa shape index (κ2) is 12.7. The Hall–Kier alpha value is -3.48. The molecule has 7 nitrogen and oxygen atoms in total. The van der Waals surface area contributed by atoms with Gasteiger partial charge in [0, 0.05) is 30.3 Å². The molecule has 0 atom stereocenters. The maximum absolute atomic E-state index is 13.2. The fourth-order valence-corrected chi connectivity index (χ4v) is 3.54. The number of nitrogens with one attached hydrogen (secondary N) is 1. The topological polar surface area (TPSA) is 96.6 Å². The lowest BCUT2D eigenvalue weighted by atomic mass is 9.93. The van der Waals surface area contributed by atoms with E-state index >= 15 is 0 Å². The molecule has 2 N–H and O–H groups in total. The zero-order valence-electron chi connectivity index (χ0n) is 21.1. The Kier molecular flexibility index (Phi) is 9.98. The molecular formula is C27H36N4O3. The van der Waals surface area contributed by atoms with Gasteiger partial charge in [0.05, 0.1) is 11.2 Å². The Morgan fingerprint density at radius 1 is 1.21 bits per heavy atom. The van der Waals surface area contributed by atoms with Gasteiger partial charge in [0.25, 0.3) is 5.56 Å². The number of hydrogen-bond acceptors (Lipinski definition) is 5. The van der Waals surface area contributed by atoms with E-state index < -0.39 is 0 Å². The zero-order chi connectivity index (χ0) is 25.3. The summed E-state index contributed by atoms with van der Waals surface area (Å²) in [6.07, 6.45) is 12.0. The van der Waals surface area contributed by atoms with Crippen LogP contribution in [0.1, 0.15) is 72.3 Å². The summed E-state index contributed by atoms with van der Waals surface area (Å²) < 4.78 is 1.56. The van der Waals surface area contributed by atoms with Crippen LogP contribution in [-0.2, 0) is 11.8 Å². The van der Waals surface area contributed by atoms with Gasteiger partial charge in [-0.25, -0.2) is 4.98 Å². The maximum atomic E-state index is 13.2. The predicted octanol–water partition coefficient (Wildman–Crippen LogP) is 5.99. The van der Waals surface area contributed by atoms with Crippen LogP contribution >= 0.6 is 0 Å². The molecule has 0 radical (unpaired) electrons. The number of allylic oxidation sites excluding steroid dienone is 6. The van der Waals surface area contributed by atoms with E-state index in [1.54, 1.807) is 23.9 Å². The van der Waals surface area contributed by atoms with Crippen molar-refractivity contribution in [2.24, 2.45) is 12.2 Å². The number of carbonyl (C=O) groups is 1. The second-order valence-electron chi connectivity index (χ2n) is 8.35. The third kappa shape index (κ3) is 6.53. The monoisotopic (exact) mass is 464 g/mol. The lowest BCUT2D eigenvalue weighted by molar-refractivity contribution is -0.105. The molecule has 2 aromatic rings. The minimum atomic E-state index is -0.152. The first-order chi connectivity index (χ1) is 16.3. The molecule has 0 aliphatic heterocycles. The van der Waals surface area contributed by atoms with Crippen molar-refractivity contribution in [1.29, 1.82) is 0 Å². The number of aromatic nitrogens is 2. The number of carbonyl (C=O) groups excluding carboxylic acids is 1. The number of amides is 1. The van der Waals surface area contributed by atoms with E-state index in [1.807, 2.05) is 45.9 Å². The summed E-state index contributed by atoms with van der Waals surface area (Å²) in [5.74, 6) is 0.382. The van der Waals surface area contributed by atoms with E-state index in [4.69, 9.17) is 0 Å². The molecule has 1 amide bonds. The first-order valence-corrected chi connectivity index (χ1v) is 11.8. The van der Waals surface area contributed by atoms with Crippen LogP contribution in [-0.4, -0.2) is 26.9 Å². The summed E-state index contributed by atoms with van der Waals surface area (Å²) in [6.45, 7) is 9.85. The van der Waals surface area contributed by atoms with Gasteiger partial charge in [-0.15, -0.1) is 0 Å². The van der Waals surface area contributed by atoms with Gasteiger partial charge in [0.2, 0.25) is 6.41 Å². The Morgan fingerprint density at radius 2 is 1.88 bits per heavy atom. The molecule has 0 saturated heterocycles. The maximum Gasteiger partial charge on any atom is 0.258 e.